The van der Waals surface area contributed by atoms with Crippen molar-refractivity contribution in [2.75, 3.05) is 6.61 Å². The molecule has 0 aromatic carbocycles. The maximum absolute atomic E-state index is 10.4. The van der Waals surface area contributed by atoms with Crippen LogP contribution < -0.4 is 0 Å². The van der Waals surface area contributed by atoms with Gasteiger partial charge in [-0.05, 0) is 27.7 Å². The molecule has 3 rings (SSSR count). The zero-order valence-electron chi connectivity index (χ0n) is 12.7. The first-order valence-electron chi connectivity index (χ1n) is 7.12. The predicted octanol–water partition coefficient (Wildman–Crippen LogP) is 0.659. The molecule has 7 nitrogen and oxygen atoms in total. The van der Waals surface area contributed by atoms with Crippen LogP contribution in [0.5, 0.6) is 0 Å². The number of rotatable bonds is 2. The Morgan fingerprint density at radius 1 is 1.19 bits per heavy atom. The highest BCUT2D eigenvalue weighted by molar-refractivity contribution is 5.07. The van der Waals surface area contributed by atoms with Gasteiger partial charge in [0.15, 0.2) is 11.6 Å². The Balaban J connectivity index is 1.94. The lowest BCUT2D eigenvalue weighted by Gasteiger charge is -2.42. The molecule has 118 valence electrons. The van der Waals surface area contributed by atoms with Crippen molar-refractivity contribution in [2.24, 2.45) is 0 Å². The average molecular weight is 299 g/mol. The van der Waals surface area contributed by atoms with Crippen LogP contribution >= 0.6 is 0 Å². The number of nitrogens with zero attached hydrogens (tertiary/aromatic N) is 1. The lowest BCUT2D eigenvalue weighted by Crippen LogP contribution is -2.63. The quantitative estimate of drug-likeness (QED) is 0.801. The highest BCUT2D eigenvalue weighted by atomic mass is 16.9. The molecular formula is C14H21NO6. The highest BCUT2D eigenvalue weighted by Crippen LogP contribution is 2.49. The summed E-state index contributed by atoms with van der Waals surface area (Å²) in [4.78, 5) is 0. The third kappa shape index (κ3) is 2.36. The Morgan fingerprint density at radius 2 is 1.90 bits per heavy atom. The molecule has 0 aromatic heterocycles. The molecule has 3 saturated heterocycles. The minimum Gasteiger partial charge on any atom is -0.386 e. The molecule has 3 aliphatic heterocycles. The van der Waals surface area contributed by atoms with Crippen LogP contribution in [0.15, 0.2) is 0 Å². The van der Waals surface area contributed by atoms with E-state index in [1.54, 1.807) is 13.8 Å². The first-order chi connectivity index (χ1) is 9.69. The number of hydrogen-bond acceptors (Lipinski definition) is 7. The van der Waals surface area contributed by atoms with Gasteiger partial charge in [-0.15, -0.1) is 0 Å². The summed E-state index contributed by atoms with van der Waals surface area (Å²) in [6, 6.07) is 1.94. The SMILES string of the molecule is CC1(C)O[C@@H]2[C@@H](CO[C@]3([C@H](O)CC#N)OC(C)(C)O[C@@H]23)O1. The van der Waals surface area contributed by atoms with Crippen LogP contribution in [0.4, 0.5) is 0 Å². The van der Waals surface area contributed by atoms with Crippen LogP contribution in [0.2, 0.25) is 0 Å². The number of hydrogen-bond donors (Lipinski definition) is 1. The Hall–Kier alpha value is -0.750. The highest BCUT2D eigenvalue weighted by Gasteiger charge is 2.67. The van der Waals surface area contributed by atoms with E-state index in [-0.39, 0.29) is 19.1 Å². The summed E-state index contributed by atoms with van der Waals surface area (Å²) in [5.41, 5.74) is 0. The number of fused-ring (bicyclic) bond motifs is 3. The van der Waals surface area contributed by atoms with E-state index in [0.717, 1.165) is 0 Å². The van der Waals surface area contributed by atoms with Gasteiger partial charge in [0.2, 0.25) is 5.79 Å². The summed E-state index contributed by atoms with van der Waals surface area (Å²) < 4.78 is 29.2. The van der Waals surface area contributed by atoms with Crippen molar-refractivity contribution in [3.05, 3.63) is 0 Å². The van der Waals surface area contributed by atoms with Crippen molar-refractivity contribution in [2.45, 2.75) is 75.9 Å². The molecule has 3 aliphatic rings. The Bertz CT molecular complexity index is 473. The van der Waals surface area contributed by atoms with Crippen molar-refractivity contribution in [1.82, 2.24) is 0 Å². The van der Waals surface area contributed by atoms with Crippen LogP contribution in [0, 0.1) is 11.3 Å². The van der Waals surface area contributed by atoms with Crippen LogP contribution in [-0.4, -0.2) is 53.5 Å². The number of aliphatic hydroxyl groups is 1. The van der Waals surface area contributed by atoms with Gasteiger partial charge in [-0.1, -0.05) is 0 Å². The molecule has 3 heterocycles. The van der Waals surface area contributed by atoms with Gasteiger partial charge < -0.3 is 28.8 Å². The van der Waals surface area contributed by atoms with E-state index >= 15 is 0 Å². The van der Waals surface area contributed by atoms with E-state index in [2.05, 4.69) is 0 Å². The second-order valence-corrected chi connectivity index (χ2v) is 6.59. The van der Waals surface area contributed by atoms with Crippen molar-refractivity contribution in [3.8, 4) is 6.07 Å². The Labute approximate surface area is 123 Å². The van der Waals surface area contributed by atoms with E-state index in [9.17, 15) is 5.11 Å². The summed E-state index contributed by atoms with van der Waals surface area (Å²) in [5, 5.41) is 19.2. The Morgan fingerprint density at radius 3 is 2.57 bits per heavy atom. The van der Waals surface area contributed by atoms with Crippen molar-refractivity contribution in [3.63, 3.8) is 0 Å². The summed E-state index contributed by atoms with van der Waals surface area (Å²) in [6.45, 7) is 7.34. The van der Waals surface area contributed by atoms with Gasteiger partial charge in [-0.2, -0.15) is 5.26 Å². The molecule has 0 radical (unpaired) electrons. The zero-order chi connectivity index (χ0) is 15.5. The molecule has 0 spiro atoms. The third-order valence-electron chi connectivity index (χ3n) is 3.95. The molecule has 0 saturated carbocycles. The summed E-state index contributed by atoms with van der Waals surface area (Å²) in [6.07, 6.45) is -2.59. The fourth-order valence-corrected chi connectivity index (χ4v) is 3.31. The van der Waals surface area contributed by atoms with E-state index in [4.69, 9.17) is 28.9 Å². The largest absolute Gasteiger partial charge is 0.386 e. The maximum Gasteiger partial charge on any atom is 0.228 e. The molecule has 5 atom stereocenters. The Kier molecular flexibility index (Phi) is 3.34. The van der Waals surface area contributed by atoms with Gasteiger partial charge in [0, 0.05) is 0 Å². The predicted molar refractivity (Wildman–Crippen MR) is 68.8 cm³/mol. The fourth-order valence-electron chi connectivity index (χ4n) is 3.31. The monoisotopic (exact) mass is 299 g/mol. The van der Waals surface area contributed by atoms with E-state index in [0.29, 0.717) is 0 Å². The van der Waals surface area contributed by atoms with Crippen molar-refractivity contribution >= 4 is 0 Å². The van der Waals surface area contributed by atoms with E-state index in [1.807, 2.05) is 19.9 Å². The molecule has 0 unspecified atom stereocenters. The van der Waals surface area contributed by atoms with Gasteiger partial charge in [0.05, 0.1) is 19.1 Å². The van der Waals surface area contributed by atoms with Crippen molar-refractivity contribution < 1.29 is 28.8 Å². The molecule has 1 N–H and O–H groups in total. The molecular weight excluding hydrogens is 278 g/mol. The topological polar surface area (TPSA) is 90.2 Å². The second-order valence-electron chi connectivity index (χ2n) is 6.59. The lowest BCUT2D eigenvalue weighted by molar-refractivity contribution is -0.317. The molecule has 3 fully saturated rings. The molecule has 0 aliphatic carbocycles. The smallest absolute Gasteiger partial charge is 0.228 e. The first-order valence-corrected chi connectivity index (χ1v) is 7.12. The second kappa shape index (κ2) is 4.62. The number of ether oxygens (including phenoxy) is 5. The van der Waals surface area contributed by atoms with E-state index in [1.165, 1.54) is 0 Å². The van der Waals surface area contributed by atoms with Gasteiger partial charge in [0.1, 0.15) is 24.4 Å². The summed E-state index contributed by atoms with van der Waals surface area (Å²) >= 11 is 0. The normalized spacial score (nSPS) is 44.7. The third-order valence-corrected chi connectivity index (χ3v) is 3.95. The van der Waals surface area contributed by atoms with Crippen LogP contribution in [0.1, 0.15) is 34.1 Å². The summed E-state index contributed by atoms with van der Waals surface area (Å²) in [7, 11) is 0. The minimum absolute atomic E-state index is 0.114. The molecule has 21 heavy (non-hydrogen) atoms. The van der Waals surface area contributed by atoms with Gasteiger partial charge in [0.25, 0.3) is 0 Å². The number of aliphatic hydroxyl groups excluding tert-OH is 1. The van der Waals surface area contributed by atoms with Crippen molar-refractivity contribution in [1.29, 1.82) is 5.26 Å². The minimum atomic E-state index is -1.40. The number of nitriles is 1. The van der Waals surface area contributed by atoms with Crippen LogP contribution in [-0.2, 0) is 23.7 Å². The van der Waals surface area contributed by atoms with Crippen LogP contribution in [0.3, 0.4) is 0 Å². The molecule has 7 heteroatoms. The summed E-state index contributed by atoms with van der Waals surface area (Å²) in [5.74, 6) is -3.08. The van der Waals surface area contributed by atoms with E-state index < -0.39 is 35.7 Å². The maximum atomic E-state index is 10.4. The van der Waals surface area contributed by atoms with Gasteiger partial charge in [-0.25, -0.2) is 0 Å². The first kappa shape index (κ1) is 15.2. The zero-order valence-corrected chi connectivity index (χ0v) is 12.7. The standard InChI is InChI=1S/C14H21NO6/c1-12(2)18-8-7-17-14(9(16)5-6-15)11(10(8)19-12)20-13(3,4)21-14/h8-11,16H,5,7H2,1-4H3/t8-,9-,10-,11+,14-/m1/s1. The lowest BCUT2D eigenvalue weighted by atomic mass is 9.91. The van der Waals surface area contributed by atoms with Gasteiger partial charge >= 0.3 is 0 Å². The fraction of sp³-hybridized carbons (Fsp3) is 0.929. The molecule has 0 amide bonds. The van der Waals surface area contributed by atoms with Crippen LogP contribution in [0.25, 0.3) is 0 Å². The molecule has 0 bridgehead atoms. The van der Waals surface area contributed by atoms with Gasteiger partial charge in [-0.3, -0.25) is 0 Å². The molecule has 0 aromatic rings. The average Bonchev–Trinajstić information content (AvgIpc) is 2.81.